The fourth-order valence-electron chi connectivity index (χ4n) is 3.44. The van der Waals surface area contributed by atoms with E-state index in [-0.39, 0.29) is 5.91 Å². The number of aryl methyl sites for hydroxylation is 2. The molecule has 0 aromatic carbocycles. The summed E-state index contributed by atoms with van der Waals surface area (Å²) >= 11 is 0. The molecule has 1 aromatic rings. The van der Waals surface area contributed by atoms with E-state index in [1.165, 1.54) is 6.42 Å². The van der Waals surface area contributed by atoms with Crippen molar-refractivity contribution in [3.63, 3.8) is 0 Å². The lowest BCUT2D eigenvalue weighted by Crippen LogP contribution is -2.48. The molecule has 2 aliphatic heterocycles. The average Bonchev–Trinajstić information content (AvgIpc) is 2.94. The largest absolute Gasteiger partial charge is 0.334 e. The van der Waals surface area contributed by atoms with Gasteiger partial charge < -0.3 is 10.2 Å². The van der Waals surface area contributed by atoms with Gasteiger partial charge in [-0.25, -0.2) is 0 Å². The number of likely N-dealkylation sites (tertiary alicyclic amines) is 1. The molecule has 2 aliphatic rings. The summed E-state index contributed by atoms with van der Waals surface area (Å²) in [6, 6.07) is 2.24. The van der Waals surface area contributed by atoms with Crippen LogP contribution in [0.5, 0.6) is 0 Å². The lowest BCUT2D eigenvalue weighted by molar-refractivity contribution is 0.0572. The van der Waals surface area contributed by atoms with E-state index in [1.807, 2.05) is 19.9 Å². The van der Waals surface area contributed by atoms with Crippen LogP contribution in [-0.2, 0) is 6.42 Å². The third-order valence-electron chi connectivity index (χ3n) is 4.50. The molecule has 0 radical (unpaired) electrons. The van der Waals surface area contributed by atoms with Gasteiger partial charge in [-0.1, -0.05) is 6.92 Å². The number of aromatic nitrogens is 2. The van der Waals surface area contributed by atoms with Gasteiger partial charge in [0.15, 0.2) is 0 Å². The Morgan fingerprint density at radius 2 is 2.30 bits per heavy atom. The summed E-state index contributed by atoms with van der Waals surface area (Å²) in [6.45, 7) is 6.75. The van der Waals surface area contributed by atoms with Gasteiger partial charge in [0.25, 0.3) is 5.91 Å². The summed E-state index contributed by atoms with van der Waals surface area (Å²) in [6.07, 6.45) is 3.08. The standard InChI is InChI=1S/C15H22N4O/c1-3-13-12(7-10(2)17-18-13)15(20)19-6-4-5-11-8-16-9-14(11)19/h7,11,14,16H,3-6,8-9H2,1-2H3. The molecule has 1 N–H and O–H groups in total. The number of carbonyl (C=O) groups is 1. The zero-order chi connectivity index (χ0) is 14.1. The van der Waals surface area contributed by atoms with E-state index in [2.05, 4.69) is 20.4 Å². The quantitative estimate of drug-likeness (QED) is 0.879. The maximum atomic E-state index is 12.9. The third kappa shape index (κ3) is 2.30. The minimum Gasteiger partial charge on any atom is -0.334 e. The van der Waals surface area contributed by atoms with Crippen LogP contribution < -0.4 is 5.32 Å². The van der Waals surface area contributed by atoms with Gasteiger partial charge >= 0.3 is 0 Å². The summed E-state index contributed by atoms with van der Waals surface area (Å²) in [5, 5.41) is 11.7. The number of amides is 1. The molecular weight excluding hydrogens is 252 g/mol. The van der Waals surface area contributed by atoms with E-state index in [1.54, 1.807) is 0 Å². The van der Waals surface area contributed by atoms with Gasteiger partial charge in [0.1, 0.15) is 0 Å². The summed E-state index contributed by atoms with van der Waals surface area (Å²) in [5.74, 6) is 0.756. The lowest BCUT2D eigenvalue weighted by Gasteiger charge is -2.37. The first-order valence-electron chi connectivity index (χ1n) is 7.55. The number of nitrogens with one attached hydrogen (secondary N) is 1. The van der Waals surface area contributed by atoms with E-state index in [0.29, 0.717) is 12.0 Å². The van der Waals surface area contributed by atoms with E-state index < -0.39 is 0 Å². The number of rotatable bonds is 2. The normalized spacial score (nSPS) is 25.6. The molecule has 3 heterocycles. The number of hydrogen-bond donors (Lipinski definition) is 1. The molecule has 2 unspecified atom stereocenters. The van der Waals surface area contributed by atoms with Crippen molar-refractivity contribution < 1.29 is 4.79 Å². The number of hydrogen-bond acceptors (Lipinski definition) is 4. The van der Waals surface area contributed by atoms with Gasteiger partial charge in [0.05, 0.1) is 17.0 Å². The smallest absolute Gasteiger partial charge is 0.256 e. The van der Waals surface area contributed by atoms with E-state index >= 15 is 0 Å². The van der Waals surface area contributed by atoms with Crippen LogP contribution in [0.15, 0.2) is 6.07 Å². The van der Waals surface area contributed by atoms with Crippen LogP contribution >= 0.6 is 0 Å². The van der Waals surface area contributed by atoms with Crippen LogP contribution in [0.4, 0.5) is 0 Å². The number of nitrogens with zero attached hydrogens (tertiary/aromatic N) is 3. The van der Waals surface area contributed by atoms with E-state index in [9.17, 15) is 4.79 Å². The molecule has 2 atom stereocenters. The van der Waals surface area contributed by atoms with Crippen LogP contribution in [-0.4, -0.2) is 46.7 Å². The van der Waals surface area contributed by atoms with Crippen molar-refractivity contribution in [3.05, 3.63) is 23.0 Å². The molecule has 1 amide bonds. The molecule has 2 saturated heterocycles. The predicted molar refractivity (Wildman–Crippen MR) is 76.6 cm³/mol. The summed E-state index contributed by atoms with van der Waals surface area (Å²) in [4.78, 5) is 15.0. The molecule has 5 nitrogen and oxygen atoms in total. The minimum atomic E-state index is 0.137. The van der Waals surface area contributed by atoms with E-state index in [0.717, 1.165) is 49.4 Å². The Bertz CT molecular complexity index is 517. The lowest BCUT2D eigenvalue weighted by atomic mass is 9.91. The Hall–Kier alpha value is -1.49. The summed E-state index contributed by atoms with van der Waals surface area (Å²) in [7, 11) is 0. The van der Waals surface area contributed by atoms with Gasteiger partial charge in [-0.05, 0) is 38.2 Å². The molecule has 2 fully saturated rings. The van der Waals surface area contributed by atoms with Crippen LogP contribution in [0.25, 0.3) is 0 Å². The van der Waals surface area contributed by atoms with Crippen LogP contribution in [0.1, 0.15) is 41.5 Å². The highest BCUT2D eigenvalue weighted by Gasteiger charge is 2.38. The van der Waals surface area contributed by atoms with Gasteiger partial charge in [-0.2, -0.15) is 10.2 Å². The van der Waals surface area contributed by atoms with Gasteiger partial charge in [-0.15, -0.1) is 0 Å². The van der Waals surface area contributed by atoms with Crippen LogP contribution in [0.2, 0.25) is 0 Å². The third-order valence-corrected chi connectivity index (χ3v) is 4.50. The molecule has 3 rings (SSSR count). The van der Waals surface area contributed by atoms with Gasteiger partial charge in [0, 0.05) is 25.7 Å². The Morgan fingerprint density at radius 3 is 3.10 bits per heavy atom. The van der Waals surface area contributed by atoms with Crippen LogP contribution in [0, 0.1) is 12.8 Å². The first-order valence-corrected chi connectivity index (χ1v) is 7.55. The molecule has 1 aromatic heterocycles. The number of piperidine rings is 1. The fraction of sp³-hybridized carbons (Fsp3) is 0.667. The van der Waals surface area contributed by atoms with Crippen molar-refractivity contribution in [1.29, 1.82) is 0 Å². The first kappa shape index (κ1) is 13.5. The molecular formula is C15H22N4O. The molecule has 0 saturated carbocycles. The molecule has 0 aliphatic carbocycles. The van der Waals surface area contributed by atoms with E-state index in [4.69, 9.17) is 0 Å². The topological polar surface area (TPSA) is 58.1 Å². The maximum Gasteiger partial charge on any atom is 0.256 e. The average molecular weight is 274 g/mol. The maximum absolute atomic E-state index is 12.9. The van der Waals surface area contributed by atoms with Crippen molar-refractivity contribution in [3.8, 4) is 0 Å². The summed E-state index contributed by atoms with van der Waals surface area (Å²) in [5.41, 5.74) is 2.37. The predicted octanol–water partition coefficient (Wildman–Crippen LogP) is 1.17. The second-order valence-electron chi connectivity index (χ2n) is 5.83. The molecule has 5 heteroatoms. The molecule has 20 heavy (non-hydrogen) atoms. The second kappa shape index (κ2) is 5.48. The van der Waals surface area contributed by atoms with Crippen molar-refractivity contribution in [2.45, 2.75) is 39.2 Å². The monoisotopic (exact) mass is 274 g/mol. The Kier molecular flexibility index (Phi) is 3.70. The second-order valence-corrected chi connectivity index (χ2v) is 5.83. The molecule has 108 valence electrons. The summed E-state index contributed by atoms with van der Waals surface area (Å²) < 4.78 is 0. The van der Waals surface area contributed by atoms with Crippen molar-refractivity contribution in [2.24, 2.45) is 5.92 Å². The Morgan fingerprint density at radius 1 is 1.45 bits per heavy atom. The van der Waals surface area contributed by atoms with Gasteiger partial charge in [0.2, 0.25) is 0 Å². The highest BCUT2D eigenvalue weighted by molar-refractivity contribution is 5.95. The van der Waals surface area contributed by atoms with Gasteiger partial charge in [-0.3, -0.25) is 4.79 Å². The zero-order valence-electron chi connectivity index (χ0n) is 12.2. The number of fused-ring (bicyclic) bond motifs is 1. The highest BCUT2D eigenvalue weighted by Crippen LogP contribution is 2.28. The molecule has 0 spiro atoms. The van der Waals surface area contributed by atoms with Crippen molar-refractivity contribution >= 4 is 5.91 Å². The Labute approximate surface area is 119 Å². The minimum absolute atomic E-state index is 0.137. The van der Waals surface area contributed by atoms with Crippen LogP contribution in [0.3, 0.4) is 0 Å². The SMILES string of the molecule is CCc1nnc(C)cc1C(=O)N1CCCC2CNCC21. The zero-order valence-corrected chi connectivity index (χ0v) is 12.2. The first-order chi connectivity index (χ1) is 9.70. The number of carbonyl (C=O) groups excluding carboxylic acids is 1. The highest BCUT2D eigenvalue weighted by atomic mass is 16.2. The Balaban J connectivity index is 1.90. The van der Waals surface area contributed by atoms with Crippen molar-refractivity contribution in [1.82, 2.24) is 20.4 Å². The van der Waals surface area contributed by atoms with Crippen molar-refractivity contribution in [2.75, 3.05) is 19.6 Å². The fourth-order valence-corrected chi connectivity index (χ4v) is 3.44. The molecule has 0 bridgehead atoms.